The van der Waals surface area contributed by atoms with Crippen LogP contribution in [0.25, 0.3) is 10.8 Å². The molecule has 2 bridgehead atoms. The number of amides is 5. The summed E-state index contributed by atoms with van der Waals surface area (Å²) in [6.07, 6.45) is 9.27. The van der Waals surface area contributed by atoms with Crippen molar-refractivity contribution < 1.29 is 37.5 Å². The Kier molecular flexibility index (Phi) is 15.0. The molecule has 2 N–H and O–H groups in total. The van der Waals surface area contributed by atoms with Gasteiger partial charge in [0.05, 0.1) is 39.8 Å². The third-order valence-corrected chi connectivity index (χ3v) is 17.4. The maximum absolute atomic E-state index is 16.4. The van der Waals surface area contributed by atoms with Gasteiger partial charge in [0, 0.05) is 95.1 Å². The molecule has 5 amide bonds. The maximum Gasteiger partial charge on any atom is 0.272 e. The van der Waals surface area contributed by atoms with Crippen LogP contribution < -0.4 is 10.9 Å². The number of hydrogen-bond donors (Lipinski definition) is 2. The molecule has 0 radical (unpaired) electrons. The van der Waals surface area contributed by atoms with Crippen LogP contribution in [0.2, 0.25) is 0 Å². The Hall–Kier alpha value is -6.07. The fourth-order valence-corrected chi connectivity index (χ4v) is 12.9. The van der Waals surface area contributed by atoms with Gasteiger partial charge in [-0.25, -0.2) is 13.9 Å². The first kappa shape index (κ1) is 52.4. The van der Waals surface area contributed by atoms with Crippen molar-refractivity contribution in [1.82, 2.24) is 40.0 Å². The molecule has 75 heavy (non-hydrogen) atoms. The molecule has 17 heteroatoms. The zero-order valence-corrected chi connectivity index (χ0v) is 43.8. The summed E-state index contributed by atoms with van der Waals surface area (Å²) in [7, 11) is 0. The van der Waals surface area contributed by atoms with Crippen LogP contribution in [0.3, 0.4) is 0 Å². The average Bonchev–Trinajstić information content (AvgIpc) is 3.43. The molecule has 3 aromatic carbocycles. The molecule has 0 spiro atoms. The first-order chi connectivity index (χ1) is 36.0. The second-order valence-electron chi connectivity index (χ2n) is 23.4. The number of piperazine rings is 2. The minimum atomic E-state index is -0.768. The highest BCUT2D eigenvalue weighted by Crippen LogP contribution is 2.50. The highest BCUT2D eigenvalue weighted by molar-refractivity contribution is 5.98. The molecule has 11 rings (SSSR count). The molecule has 2 aliphatic carbocycles. The lowest BCUT2D eigenvalue weighted by Crippen LogP contribution is -2.64. The second-order valence-corrected chi connectivity index (χ2v) is 23.4. The zero-order chi connectivity index (χ0) is 52.6. The van der Waals surface area contributed by atoms with Crippen LogP contribution in [0.15, 0.2) is 65.5 Å². The van der Waals surface area contributed by atoms with Gasteiger partial charge in [-0.1, -0.05) is 76.4 Å². The van der Waals surface area contributed by atoms with Gasteiger partial charge in [0.25, 0.3) is 17.4 Å². The van der Waals surface area contributed by atoms with Gasteiger partial charge in [-0.3, -0.25) is 33.7 Å². The molecule has 1 aromatic heterocycles. The van der Waals surface area contributed by atoms with E-state index in [1.807, 2.05) is 47.6 Å². The average molecular weight is 1030 g/mol. The molecule has 1 unspecified atom stereocenters. The fraction of sp³-hybridized carbons (Fsp3) is 0.569. The van der Waals surface area contributed by atoms with Crippen LogP contribution in [0, 0.1) is 28.4 Å². The van der Waals surface area contributed by atoms with Gasteiger partial charge >= 0.3 is 0 Å². The van der Waals surface area contributed by atoms with Crippen LogP contribution in [-0.2, 0) is 25.5 Å². The molecular weight excluding hydrogens is 959 g/mol. The van der Waals surface area contributed by atoms with Crippen LogP contribution in [0.4, 0.5) is 8.78 Å². The van der Waals surface area contributed by atoms with E-state index in [1.165, 1.54) is 12.1 Å². The Morgan fingerprint density at radius 2 is 1.45 bits per heavy atom. The Labute approximate surface area is 437 Å². The minimum Gasteiger partial charge on any atom is -0.373 e. The molecule has 5 aliphatic heterocycles. The molecule has 2 atom stereocenters. The number of aromatic amines is 1. The van der Waals surface area contributed by atoms with E-state index in [0.29, 0.717) is 119 Å². The topological polar surface area (TPSA) is 169 Å². The van der Waals surface area contributed by atoms with Crippen molar-refractivity contribution in [3.05, 3.63) is 111 Å². The number of likely N-dealkylation sites (tertiary alicyclic amines) is 1. The predicted molar refractivity (Wildman–Crippen MR) is 279 cm³/mol. The molecule has 15 nitrogen and oxygen atoms in total. The number of hydrogen-bond acceptors (Lipinski definition) is 9. The number of aromatic nitrogens is 2. The van der Waals surface area contributed by atoms with Crippen molar-refractivity contribution in [3.63, 3.8) is 0 Å². The van der Waals surface area contributed by atoms with E-state index >= 15 is 8.78 Å². The van der Waals surface area contributed by atoms with Gasteiger partial charge in [-0.15, -0.1) is 0 Å². The SMILES string of the molecule is CC(C)(C)C(=O)N1CCCC(c2cccc(C(=O)N[C@@H](C(=O)N3CCN(CC45CCC(C(=O)N6CCN(C(=O)c7cc(Cc8n[nH]c(=O)c9ccccc89)ccc7F)CC6)(CC4)CO5)CC3)C3CCCCC3)c2F)C1. The van der Waals surface area contributed by atoms with Crippen molar-refractivity contribution in [2.75, 3.05) is 78.6 Å². The maximum atomic E-state index is 16.4. The van der Waals surface area contributed by atoms with Crippen molar-refractivity contribution in [1.29, 1.82) is 0 Å². The van der Waals surface area contributed by atoms with E-state index in [4.69, 9.17) is 4.74 Å². The van der Waals surface area contributed by atoms with Gasteiger partial charge in [-0.05, 0) is 92.7 Å². The normalized spacial score (nSPS) is 24.3. The zero-order valence-electron chi connectivity index (χ0n) is 43.8. The number of nitrogens with zero attached hydrogens (tertiary/aromatic N) is 6. The molecule has 7 fully saturated rings. The Balaban J connectivity index is 0.709. The molecule has 5 saturated heterocycles. The van der Waals surface area contributed by atoms with Crippen LogP contribution in [0.1, 0.15) is 135 Å². The first-order valence-electron chi connectivity index (χ1n) is 27.4. The summed E-state index contributed by atoms with van der Waals surface area (Å²) in [6.45, 7) is 11.2. The van der Waals surface area contributed by atoms with E-state index in [2.05, 4.69) is 20.4 Å². The van der Waals surface area contributed by atoms with Crippen molar-refractivity contribution in [2.24, 2.45) is 16.7 Å². The number of carbonyl (C=O) groups excluding carboxylic acids is 5. The summed E-state index contributed by atoms with van der Waals surface area (Å²) in [6, 6.07) is 15.7. The lowest BCUT2D eigenvalue weighted by molar-refractivity contribution is -0.203. The van der Waals surface area contributed by atoms with E-state index in [1.54, 1.807) is 41.3 Å². The highest BCUT2D eigenvalue weighted by atomic mass is 19.1. The van der Waals surface area contributed by atoms with Gasteiger partial charge in [-0.2, -0.15) is 5.10 Å². The van der Waals surface area contributed by atoms with Crippen molar-refractivity contribution in [2.45, 2.75) is 115 Å². The molecule has 4 aromatic rings. The van der Waals surface area contributed by atoms with E-state index in [9.17, 15) is 28.8 Å². The fourth-order valence-electron chi connectivity index (χ4n) is 12.9. The summed E-state index contributed by atoms with van der Waals surface area (Å²) in [5, 5.41) is 11.0. The third kappa shape index (κ3) is 10.9. The van der Waals surface area contributed by atoms with E-state index in [0.717, 1.165) is 51.4 Å². The van der Waals surface area contributed by atoms with E-state index < -0.39 is 45.9 Å². The quantitative estimate of drug-likeness (QED) is 0.167. The number of piperidine rings is 1. The van der Waals surface area contributed by atoms with E-state index in [-0.39, 0.29) is 59.3 Å². The summed E-state index contributed by atoms with van der Waals surface area (Å²) < 4.78 is 38.3. The van der Waals surface area contributed by atoms with Crippen LogP contribution >= 0.6 is 0 Å². The van der Waals surface area contributed by atoms with Crippen LogP contribution in [0.5, 0.6) is 0 Å². The number of nitrogens with one attached hydrogen (secondary N) is 2. The minimum absolute atomic E-state index is 0.0308. The van der Waals surface area contributed by atoms with Gasteiger partial charge in [0.1, 0.15) is 17.7 Å². The highest BCUT2D eigenvalue weighted by Gasteiger charge is 2.55. The smallest absolute Gasteiger partial charge is 0.272 e. The Morgan fingerprint density at radius 1 is 0.760 bits per heavy atom. The number of fused-ring (bicyclic) bond motifs is 4. The monoisotopic (exact) mass is 1030 g/mol. The third-order valence-electron chi connectivity index (χ3n) is 17.4. The Bertz CT molecular complexity index is 2860. The summed E-state index contributed by atoms with van der Waals surface area (Å²) in [4.78, 5) is 91.5. The van der Waals surface area contributed by atoms with Gasteiger partial charge in [0.2, 0.25) is 17.7 Å². The standard InChI is InChI=1S/C58H72F2N8O7/c1-56(2,3)54(73)68-24-10-13-40(35-68)41-16-9-17-44(48(41)60)50(69)61-49(39-11-5-4-6-12-39)53(72)66-27-25-64(26-28-66)36-58-22-20-57(21-23-58,37-75-58)55(74)67-31-29-65(30-32-67)52(71)45-33-38(18-19-46(45)59)34-47-42-14-7-8-15-43(42)51(70)63-62-47/h7-9,14-19,33,39-40,49H,4-6,10-13,20-32,34-37H2,1-3H3,(H,61,69)(H,63,70)/t40?,49-,57?,58?/m1/s1. The summed E-state index contributed by atoms with van der Waals surface area (Å²) >= 11 is 0. The van der Waals surface area contributed by atoms with Crippen LogP contribution in [-0.4, -0.2) is 154 Å². The number of benzene rings is 3. The lowest BCUT2D eigenvalue weighted by Gasteiger charge is -2.55. The lowest BCUT2D eigenvalue weighted by atomic mass is 9.65. The summed E-state index contributed by atoms with van der Waals surface area (Å²) in [5.41, 5.74) is -0.263. The number of rotatable bonds is 11. The number of ether oxygens (including phenoxy) is 1. The predicted octanol–water partition coefficient (Wildman–Crippen LogP) is 6.68. The largest absolute Gasteiger partial charge is 0.373 e. The molecule has 400 valence electrons. The van der Waals surface area contributed by atoms with Gasteiger partial charge in [0.15, 0.2) is 0 Å². The molecule has 7 aliphatic rings. The summed E-state index contributed by atoms with van der Waals surface area (Å²) in [5.74, 6) is -2.55. The van der Waals surface area contributed by atoms with Gasteiger partial charge < -0.3 is 29.7 Å². The number of carbonyl (C=O) groups is 5. The Morgan fingerprint density at radius 3 is 2.15 bits per heavy atom. The number of H-pyrrole nitrogens is 1. The van der Waals surface area contributed by atoms with Crippen molar-refractivity contribution in [3.8, 4) is 0 Å². The molecule has 2 saturated carbocycles. The van der Waals surface area contributed by atoms with Crippen molar-refractivity contribution >= 4 is 40.3 Å². The molecular formula is C58H72F2N8O7. The first-order valence-corrected chi connectivity index (χ1v) is 27.4. The molecule has 6 heterocycles. The number of halogens is 2. The second kappa shape index (κ2) is 21.5.